The van der Waals surface area contributed by atoms with E-state index in [4.69, 9.17) is 14.2 Å². The van der Waals surface area contributed by atoms with Crippen LogP contribution in [0, 0.1) is 0 Å². The van der Waals surface area contributed by atoms with E-state index in [1.165, 1.54) is 7.11 Å². The summed E-state index contributed by atoms with van der Waals surface area (Å²) < 4.78 is 15.6. The lowest BCUT2D eigenvalue weighted by atomic mass is 9.94. The Morgan fingerprint density at radius 3 is 2.48 bits per heavy atom. The van der Waals surface area contributed by atoms with Gasteiger partial charge in [-0.3, -0.25) is 4.90 Å². The van der Waals surface area contributed by atoms with Crippen LogP contribution in [0.1, 0.15) is 24.4 Å². The van der Waals surface area contributed by atoms with E-state index in [0.717, 1.165) is 25.9 Å². The summed E-state index contributed by atoms with van der Waals surface area (Å²) >= 11 is 0. The largest absolute Gasteiger partial charge is 0.493 e. The van der Waals surface area contributed by atoms with Gasteiger partial charge in [0.15, 0.2) is 11.5 Å². The van der Waals surface area contributed by atoms with Crippen molar-refractivity contribution in [1.29, 1.82) is 0 Å². The second kappa shape index (κ2) is 8.30. The van der Waals surface area contributed by atoms with Gasteiger partial charge < -0.3 is 24.8 Å². The van der Waals surface area contributed by atoms with Crippen molar-refractivity contribution in [2.24, 2.45) is 0 Å². The minimum Gasteiger partial charge on any atom is -0.493 e. The molecule has 2 heterocycles. The lowest BCUT2D eigenvalue weighted by molar-refractivity contribution is -0.136. The Labute approximate surface area is 158 Å². The number of nitrogens with one attached hydrogen (secondary N) is 2. The number of benzene rings is 1. The Balaban J connectivity index is 2.02. The maximum atomic E-state index is 12.6. The number of hydrogen-bond donors (Lipinski definition) is 2. The highest BCUT2D eigenvalue weighted by atomic mass is 16.5. The lowest BCUT2D eigenvalue weighted by Crippen LogP contribution is -2.48. The SMILES string of the molecule is COC(=O)C1=C(CN2CCCC2)NC(=O)N[C@H]1c1ccc(OC)c(OC)c1. The number of urea groups is 1. The van der Waals surface area contributed by atoms with Gasteiger partial charge in [-0.05, 0) is 43.6 Å². The molecule has 0 unspecified atom stereocenters. The maximum Gasteiger partial charge on any atom is 0.338 e. The summed E-state index contributed by atoms with van der Waals surface area (Å²) in [6.07, 6.45) is 2.23. The van der Waals surface area contributed by atoms with E-state index in [2.05, 4.69) is 15.5 Å². The Morgan fingerprint density at radius 1 is 1.15 bits per heavy atom. The van der Waals surface area contributed by atoms with Gasteiger partial charge in [0.25, 0.3) is 0 Å². The molecule has 1 aromatic rings. The number of hydrogen-bond acceptors (Lipinski definition) is 6. The van der Waals surface area contributed by atoms with Gasteiger partial charge in [-0.1, -0.05) is 6.07 Å². The van der Waals surface area contributed by atoms with Crippen molar-refractivity contribution in [2.75, 3.05) is 41.0 Å². The van der Waals surface area contributed by atoms with Crippen molar-refractivity contribution in [3.63, 3.8) is 0 Å². The number of ether oxygens (including phenoxy) is 3. The highest BCUT2D eigenvalue weighted by Gasteiger charge is 2.34. The first-order valence-corrected chi connectivity index (χ1v) is 8.90. The van der Waals surface area contributed by atoms with Crippen LogP contribution in [0.15, 0.2) is 29.5 Å². The van der Waals surface area contributed by atoms with Crippen LogP contribution < -0.4 is 20.1 Å². The van der Waals surface area contributed by atoms with Gasteiger partial charge in [0.1, 0.15) is 0 Å². The van der Waals surface area contributed by atoms with Crippen molar-refractivity contribution < 1.29 is 23.8 Å². The summed E-state index contributed by atoms with van der Waals surface area (Å²) in [5.74, 6) is 0.618. The zero-order chi connectivity index (χ0) is 19.4. The normalized spacial score (nSPS) is 20.1. The predicted octanol–water partition coefficient (Wildman–Crippen LogP) is 1.58. The van der Waals surface area contributed by atoms with Crippen molar-refractivity contribution in [3.8, 4) is 11.5 Å². The lowest BCUT2D eigenvalue weighted by Gasteiger charge is -2.31. The molecule has 2 amide bonds. The van der Waals surface area contributed by atoms with Crippen LogP contribution in [0.5, 0.6) is 11.5 Å². The van der Waals surface area contributed by atoms with E-state index in [1.807, 2.05) is 0 Å². The number of carbonyl (C=O) groups excluding carboxylic acids is 2. The molecular formula is C19H25N3O5. The molecule has 0 aliphatic carbocycles. The molecule has 3 rings (SSSR count). The molecule has 0 aromatic heterocycles. The van der Waals surface area contributed by atoms with Crippen LogP contribution in [0.4, 0.5) is 4.79 Å². The monoisotopic (exact) mass is 375 g/mol. The molecule has 2 aliphatic rings. The van der Waals surface area contributed by atoms with Crippen molar-refractivity contribution in [3.05, 3.63) is 35.0 Å². The van der Waals surface area contributed by atoms with Crippen LogP contribution in [0.2, 0.25) is 0 Å². The predicted molar refractivity (Wildman–Crippen MR) is 98.7 cm³/mol. The standard InChI is InChI=1S/C19H25N3O5/c1-25-14-7-6-12(10-15(14)26-2)17-16(18(23)27-3)13(20-19(24)21-17)11-22-8-4-5-9-22/h6-7,10,17H,4-5,8-9,11H2,1-3H3,(H2,20,21,24)/t17-/m0/s1. The summed E-state index contributed by atoms with van der Waals surface area (Å²) in [6, 6.07) is 4.32. The van der Waals surface area contributed by atoms with Crippen LogP contribution in [-0.2, 0) is 9.53 Å². The first-order valence-electron chi connectivity index (χ1n) is 8.90. The van der Waals surface area contributed by atoms with E-state index in [1.54, 1.807) is 32.4 Å². The van der Waals surface area contributed by atoms with Gasteiger partial charge in [0.2, 0.25) is 0 Å². The van der Waals surface area contributed by atoms with E-state index in [9.17, 15) is 9.59 Å². The molecule has 1 saturated heterocycles. The number of rotatable bonds is 6. The van der Waals surface area contributed by atoms with Gasteiger partial charge in [-0.15, -0.1) is 0 Å². The summed E-state index contributed by atoms with van der Waals surface area (Å²) in [5.41, 5.74) is 1.69. The van der Waals surface area contributed by atoms with Crippen molar-refractivity contribution >= 4 is 12.0 Å². The van der Waals surface area contributed by atoms with Gasteiger partial charge in [0.05, 0.1) is 32.9 Å². The number of amides is 2. The Morgan fingerprint density at radius 2 is 1.85 bits per heavy atom. The number of methoxy groups -OCH3 is 3. The molecule has 2 N–H and O–H groups in total. The fraction of sp³-hybridized carbons (Fsp3) is 0.474. The first kappa shape index (κ1) is 19.0. The number of likely N-dealkylation sites (tertiary alicyclic amines) is 1. The minimum atomic E-state index is -0.636. The molecule has 0 spiro atoms. The van der Waals surface area contributed by atoms with E-state index >= 15 is 0 Å². The molecule has 146 valence electrons. The molecule has 0 saturated carbocycles. The molecule has 1 aromatic carbocycles. The highest BCUT2D eigenvalue weighted by molar-refractivity contribution is 5.95. The molecule has 1 fully saturated rings. The summed E-state index contributed by atoms with van der Waals surface area (Å²) in [7, 11) is 4.43. The quantitative estimate of drug-likeness (QED) is 0.734. The van der Waals surface area contributed by atoms with Crippen LogP contribution in [-0.4, -0.2) is 57.9 Å². The van der Waals surface area contributed by atoms with Gasteiger partial charge >= 0.3 is 12.0 Å². The second-order valence-electron chi connectivity index (χ2n) is 6.51. The van der Waals surface area contributed by atoms with E-state index in [-0.39, 0.29) is 6.03 Å². The van der Waals surface area contributed by atoms with Crippen molar-refractivity contribution in [1.82, 2.24) is 15.5 Å². The average molecular weight is 375 g/mol. The molecule has 8 nitrogen and oxygen atoms in total. The Kier molecular flexibility index (Phi) is 5.85. The average Bonchev–Trinajstić information content (AvgIpc) is 3.19. The molecule has 0 bridgehead atoms. The minimum absolute atomic E-state index is 0.350. The van der Waals surface area contributed by atoms with E-state index < -0.39 is 12.0 Å². The topological polar surface area (TPSA) is 89.1 Å². The van der Waals surface area contributed by atoms with Crippen LogP contribution in [0.3, 0.4) is 0 Å². The third-order valence-electron chi connectivity index (χ3n) is 4.88. The van der Waals surface area contributed by atoms with Crippen molar-refractivity contribution in [2.45, 2.75) is 18.9 Å². The molecule has 8 heteroatoms. The zero-order valence-corrected chi connectivity index (χ0v) is 15.8. The number of nitrogens with zero attached hydrogens (tertiary/aromatic N) is 1. The molecule has 27 heavy (non-hydrogen) atoms. The molecule has 0 radical (unpaired) electrons. The summed E-state index contributed by atoms with van der Waals surface area (Å²) in [5, 5.41) is 5.61. The highest BCUT2D eigenvalue weighted by Crippen LogP contribution is 2.34. The molecular weight excluding hydrogens is 350 g/mol. The molecule has 2 aliphatic heterocycles. The fourth-order valence-corrected chi connectivity index (χ4v) is 3.54. The van der Waals surface area contributed by atoms with E-state index in [0.29, 0.717) is 34.9 Å². The van der Waals surface area contributed by atoms with Gasteiger partial charge in [-0.25, -0.2) is 9.59 Å². The third-order valence-corrected chi connectivity index (χ3v) is 4.88. The maximum absolute atomic E-state index is 12.6. The number of esters is 1. The van der Waals surface area contributed by atoms with Gasteiger partial charge in [0, 0.05) is 12.2 Å². The number of carbonyl (C=O) groups is 2. The summed E-state index contributed by atoms with van der Waals surface area (Å²) in [6.45, 7) is 2.40. The Hall–Kier alpha value is -2.74. The molecule has 1 atom stereocenters. The first-order chi connectivity index (χ1) is 13.1. The van der Waals surface area contributed by atoms with Crippen LogP contribution >= 0.6 is 0 Å². The third kappa shape index (κ3) is 4.00. The zero-order valence-electron chi connectivity index (χ0n) is 15.8. The second-order valence-corrected chi connectivity index (χ2v) is 6.51. The summed E-state index contributed by atoms with van der Waals surface area (Å²) in [4.78, 5) is 27.1. The van der Waals surface area contributed by atoms with Gasteiger partial charge in [-0.2, -0.15) is 0 Å². The van der Waals surface area contributed by atoms with Crippen LogP contribution in [0.25, 0.3) is 0 Å². The fourth-order valence-electron chi connectivity index (χ4n) is 3.54. The Bertz CT molecular complexity index is 756. The smallest absolute Gasteiger partial charge is 0.338 e.